The van der Waals surface area contributed by atoms with Gasteiger partial charge in [-0.2, -0.15) is 0 Å². The molecule has 2 unspecified atom stereocenters. The summed E-state index contributed by atoms with van der Waals surface area (Å²) in [6.45, 7) is 1.35. The lowest BCUT2D eigenvalue weighted by Gasteiger charge is -2.45. The van der Waals surface area contributed by atoms with Crippen molar-refractivity contribution in [3.8, 4) is 0 Å². The molecular weight excluding hydrogens is 360 g/mol. The molecule has 0 spiro atoms. The van der Waals surface area contributed by atoms with Gasteiger partial charge in [0.25, 0.3) is 0 Å². The topological polar surface area (TPSA) is 192 Å². The van der Waals surface area contributed by atoms with Crippen molar-refractivity contribution in [2.24, 2.45) is 0 Å². The van der Waals surface area contributed by atoms with E-state index in [1.165, 1.54) is 6.92 Å². The molecule has 12 heteroatoms. The molecule has 2 rings (SSSR count). The van der Waals surface area contributed by atoms with Gasteiger partial charge in [-0.3, -0.25) is 0 Å². The third-order valence-electron chi connectivity index (χ3n) is 4.42. The number of methoxy groups -OCH3 is 1. The van der Waals surface area contributed by atoms with Crippen LogP contribution in [0.4, 0.5) is 0 Å². The Hall–Kier alpha value is -1.38. The quantitative estimate of drug-likeness (QED) is 0.275. The largest absolute Gasteiger partial charge is 0.479 e. The van der Waals surface area contributed by atoms with Gasteiger partial charge in [0.1, 0.15) is 36.6 Å². The van der Waals surface area contributed by atoms with Crippen LogP contribution in [0.15, 0.2) is 0 Å². The molecule has 0 aliphatic carbocycles. The Balaban J connectivity index is 2.23. The molecule has 0 aromatic rings. The van der Waals surface area contributed by atoms with Crippen LogP contribution in [0.1, 0.15) is 6.92 Å². The predicted octanol–water partition coefficient (Wildman–Crippen LogP) is -3.49. The van der Waals surface area contributed by atoms with E-state index in [1.54, 1.807) is 0 Å². The van der Waals surface area contributed by atoms with E-state index in [-0.39, 0.29) is 0 Å². The lowest BCUT2D eigenvalue weighted by atomic mass is 9.94. The summed E-state index contributed by atoms with van der Waals surface area (Å²) >= 11 is 0. The van der Waals surface area contributed by atoms with E-state index in [0.29, 0.717) is 0 Å². The molecule has 150 valence electrons. The molecule has 6 N–H and O–H groups in total. The molecule has 2 aliphatic rings. The second-order valence-corrected chi connectivity index (χ2v) is 6.13. The third-order valence-corrected chi connectivity index (χ3v) is 4.42. The zero-order chi connectivity index (χ0) is 19.8. The Labute approximate surface area is 147 Å². The van der Waals surface area contributed by atoms with E-state index >= 15 is 0 Å². The first-order chi connectivity index (χ1) is 12.1. The summed E-state index contributed by atoms with van der Waals surface area (Å²) in [6, 6.07) is 0. The summed E-state index contributed by atoms with van der Waals surface area (Å²) in [5.74, 6) is -3.02. The van der Waals surface area contributed by atoms with Gasteiger partial charge in [-0.25, -0.2) is 9.59 Å². The number of carbonyl (C=O) groups is 2. The SMILES string of the molecule is CO[C@@H]1C(C(=O)O)O[C@@H](O[C@@H]2C(C(=O)O)O[C@@H](C)[C@@H](O)[C@H]2O)[C@@H](O)[C@H]1O. The number of rotatable bonds is 5. The molecule has 0 bridgehead atoms. The lowest BCUT2D eigenvalue weighted by Crippen LogP contribution is -2.65. The molecule has 2 heterocycles. The number of aliphatic hydroxyl groups is 4. The molecule has 0 saturated carbocycles. The van der Waals surface area contributed by atoms with Gasteiger partial charge in [0.15, 0.2) is 18.5 Å². The van der Waals surface area contributed by atoms with Crippen molar-refractivity contribution in [2.45, 2.75) is 68.1 Å². The first-order valence-electron chi connectivity index (χ1n) is 7.77. The highest BCUT2D eigenvalue weighted by atomic mass is 16.7. The Kier molecular flexibility index (Phi) is 6.52. The van der Waals surface area contributed by atoms with E-state index in [2.05, 4.69) is 0 Å². The minimum absolute atomic E-state index is 1.02. The summed E-state index contributed by atoms with van der Waals surface area (Å²) < 4.78 is 20.2. The predicted molar refractivity (Wildman–Crippen MR) is 78.0 cm³/mol. The van der Waals surface area contributed by atoms with Gasteiger partial charge in [-0.15, -0.1) is 0 Å². The van der Waals surface area contributed by atoms with Crippen LogP contribution in [-0.2, 0) is 28.5 Å². The fourth-order valence-electron chi connectivity index (χ4n) is 2.96. The van der Waals surface area contributed by atoms with Crippen molar-refractivity contribution < 1.29 is 59.2 Å². The van der Waals surface area contributed by atoms with E-state index in [1.807, 2.05) is 0 Å². The molecule has 2 fully saturated rings. The third kappa shape index (κ3) is 3.82. The Morgan fingerprint density at radius 1 is 0.808 bits per heavy atom. The fourth-order valence-corrected chi connectivity index (χ4v) is 2.96. The molecule has 26 heavy (non-hydrogen) atoms. The maximum Gasteiger partial charge on any atom is 0.335 e. The average Bonchev–Trinajstić information content (AvgIpc) is 2.58. The smallest absolute Gasteiger partial charge is 0.335 e. The highest BCUT2D eigenvalue weighted by molar-refractivity contribution is 5.74. The lowest BCUT2D eigenvalue weighted by molar-refractivity contribution is -0.334. The van der Waals surface area contributed by atoms with Gasteiger partial charge >= 0.3 is 11.9 Å². The monoisotopic (exact) mass is 382 g/mol. The highest BCUT2D eigenvalue weighted by Crippen LogP contribution is 2.30. The Morgan fingerprint density at radius 2 is 1.31 bits per heavy atom. The van der Waals surface area contributed by atoms with Gasteiger partial charge in [0.05, 0.1) is 6.10 Å². The minimum atomic E-state index is -1.82. The van der Waals surface area contributed by atoms with Crippen molar-refractivity contribution in [1.82, 2.24) is 0 Å². The van der Waals surface area contributed by atoms with Crippen molar-refractivity contribution in [1.29, 1.82) is 0 Å². The van der Waals surface area contributed by atoms with Crippen LogP contribution in [0.25, 0.3) is 0 Å². The number of carboxylic acids is 2. The molecule has 0 aromatic carbocycles. The average molecular weight is 382 g/mol. The van der Waals surface area contributed by atoms with Crippen LogP contribution in [0.2, 0.25) is 0 Å². The number of carboxylic acid groups (broad SMARTS) is 2. The van der Waals surface area contributed by atoms with Gasteiger partial charge < -0.3 is 49.6 Å². The first-order valence-corrected chi connectivity index (χ1v) is 7.77. The number of ether oxygens (including phenoxy) is 4. The summed E-state index contributed by atoms with van der Waals surface area (Å²) in [6.07, 6.45) is -16.1. The minimum Gasteiger partial charge on any atom is -0.479 e. The maximum atomic E-state index is 11.4. The summed E-state index contributed by atoms with van der Waals surface area (Å²) in [5.41, 5.74) is 0. The molecular formula is C14H22O12. The number of aliphatic carboxylic acids is 2. The molecule has 0 amide bonds. The van der Waals surface area contributed by atoms with Crippen LogP contribution >= 0.6 is 0 Å². The molecule has 0 radical (unpaired) electrons. The van der Waals surface area contributed by atoms with E-state index in [9.17, 15) is 40.2 Å². The zero-order valence-electron chi connectivity index (χ0n) is 13.9. The molecule has 2 aliphatic heterocycles. The van der Waals surface area contributed by atoms with Crippen molar-refractivity contribution in [2.75, 3.05) is 7.11 Å². The number of aliphatic hydroxyl groups excluding tert-OH is 4. The summed E-state index contributed by atoms with van der Waals surface area (Å²) in [4.78, 5) is 22.6. The van der Waals surface area contributed by atoms with Gasteiger partial charge in [-0.1, -0.05) is 0 Å². The molecule has 2 saturated heterocycles. The summed E-state index contributed by atoms with van der Waals surface area (Å²) in [7, 11) is 1.11. The van der Waals surface area contributed by atoms with Crippen molar-refractivity contribution in [3.63, 3.8) is 0 Å². The maximum absolute atomic E-state index is 11.4. The summed E-state index contributed by atoms with van der Waals surface area (Å²) in [5, 5.41) is 58.5. The van der Waals surface area contributed by atoms with Crippen LogP contribution in [0, 0.1) is 0 Å². The number of hydrogen-bond donors (Lipinski definition) is 6. The second-order valence-electron chi connectivity index (χ2n) is 6.13. The fraction of sp³-hybridized carbons (Fsp3) is 0.857. The van der Waals surface area contributed by atoms with E-state index in [4.69, 9.17) is 18.9 Å². The molecule has 12 nitrogen and oxygen atoms in total. The Morgan fingerprint density at radius 3 is 1.81 bits per heavy atom. The van der Waals surface area contributed by atoms with Gasteiger partial charge in [0.2, 0.25) is 0 Å². The normalized spacial score (nSPS) is 46.7. The molecule has 10 atom stereocenters. The van der Waals surface area contributed by atoms with Crippen LogP contribution in [0.5, 0.6) is 0 Å². The Bertz CT molecular complexity index is 526. The standard InChI is InChI=1S/C14H22O12/c1-3-4(15)5(16)9(11(24-3)13(21)22)25-14-7(18)6(17)8(23-2)10(26-14)12(19)20/h3-11,14-18H,1-2H3,(H,19,20)(H,21,22)/t3-,4+,5+,6+,7-,8-,9-,10?,11?,14+/m0/s1. The highest BCUT2D eigenvalue weighted by Gasteiger charge is 2.53. The van der Waals surface area contributed by atoms with E-state index in [0.717, 1.165) is 7.11 Å². The van der Waals surface area contributed by atoms with Gasteiger partial charge in [0, 0.05) is 7.11 Å². The van der Waals surface area contributed by atoms with E-state index < -0.39 is 73.2 Å². The zero-order valence-corrected chi connectivity index (χ0v) is 13.9. The molecule has 0 aromatic heterocycles. The first kappa shape index (κ1) is 20.9. The van der Waals surface area contributed by atoms with Crippen molar-refractivity contribution in [3.05, 3.63) is 0 Å². The van der Waals surface area contributed by atoms with Crippen LogP contribution in [-0.4, -0.2) is 111 Å². The van der Waals surface area contributed by atoms with Crippen LogP contribution < -0.4 is 0 Å². The second kappa shape index (κ2) is 8.10. The van der Waals surface area contributed by atoms with Gasteiger partial charge in [-0.05, 0) is 6.92 Å². The van der Waals surface area contributed by atoms with Crippen LogP contribution in [0.3, 0.4) is 0 Å². The number of hydrogen-bond acceptors (Lipinski definition) is 10. The van der Waals surface area contributed by atoms with Crippen molar-refractivity contribution >= 4 is 11.9 Å².